The summed E-state index contributed by atoms with van der Waals surface area (Å²) in [4.78, 5) is 14.5. The molecule has 1 unspecified atom stereocenters. The van der Waals surface area contributed by atoms with Crippen LogP contribution < -0.4 is 0 Å². The van der Waals surface area contributed by atoms with Crippen molar-refractivity contribution in [3.63, 3.8) is 0 Å². The molecule has 1 aliphatic rings. The van der Waals surface area contributed by atoms with Crippen LogP contribution in [-0.4, -0.2) is 29.3 Å². The molecule has 2 nitrogen and oxygen atoms in total. The van der Waals surface area contributed by atoms with Gasteiger partial charge in [0.15, 0.2) is 0 Å². The summed E-state index contributed by atoms with van der Waals surface area (Å²) >= 11 is 13.1. The van der Waals surface area contributed by atoms with Gasteiger partial charge in [-0.2, -0.15) is 0 Å². The highest BCUT2D eigenvalue weighted by Gasteiger charge is 2.23. The van der Waals surface area contributed by atoms with Gasteiger partial charge in [-0.15, -0.1) is 22.9 Å². The number of thiophene rings is 1. The smallest absolute Gasteiger partial charge is 0.264 e. The lowest BCUT2D eigenvalue weighted by atomic mass is 10.1. The normalized spacial score (nSPS) is 21.7. The number of nitrogens with zero attached hydrogens (tertiary/aromatic N) is 1. The van der Waals surface area contributed by atoms with Crippen LogP contribution in [0, 0.1) is 0 Å². The molecule has 0 saturated carbocycles. The molecule has 1 saturated heterocycles. The minimum Gasteiger partial charge on any atom is -0.336 e. The minimum atomic E-state index is 0.0530. The summed E-state index contributed by atoms with van der Waals surface area (Å²) in [6, 6.07) is 3.52. The Balaban J connectivity index is 2.07. The molecular weight excluding hydrogens is 253 g/mol. The van der Waals surface area contributed by atoms with Crippen molar-refractivity contribution in [2.45, 2.75) is 18.2 Å². The number of carbonyl (C=O) groups excluding carboxylic acids is 1. The zero-order valence-electron chi connectivity index (χ0n) is 8.08. The number of likely N-dealkylation sites (tertiary alicyclic amines) is 1. The molecule has 1 fully saturated rings. The van der Waals surface area contributed by atoms with Crippen LogP contribution in [-0.2, 0) is 0 Å². The summed E-state index contributed by atoms with van der Waals surface area (Å²) < 4.78 is 0.651. The second-order valence-electron chi connectivity index (χ2n) is 3.59. The van der Waals surface area contributed by atoms with Crippen molar-refractivity contribution in [3.05, 3.63) is 21.3 Å². The van der Waals surface area contributed by atoms with Gasteiger partial charge in [-0.1, -0.05) is 11.6 Å². The van der Waals surface area contributed by atoms with Crippen LogP contribution in [0.1, 0.15) is 22.5 Å². The first-order valence-electron chi connectivity index (χ1n) is 4.85. The highest BCUT2D eigenvalue weighted by atomic mass is 35.5. The third-order valence-electron chi connectivity index (χ3n) is 2.44. The zero-order valence-corrected chi connectivity index (χ0v) is 10.4. The van der Waals surface area contributed by atoms with E-state index in [1.807, 2.05) is 4.90 Å². The van der Waals surface area contributed by atoms with Crippen molar-refractivity contribution in [2.75, 3.05) is 13.1 Å². The molecule has 2 rings (SSSR count). The van der Waals surface area contributed by atoms with Crippen LogP contribution in [0.2, 0.25) is 4.34 Å². The fraction of sp³-hybridized carbons (Fsp3) is 0.500. The van der Waals surface area contributed by atoms with Crippen molar-refractivity contribution in [1.29, 1.82) is 0 Å². The first-order valence-corrected chi connectivity index (χ1v) is 6.48. The summed E-state index contributed by atoms with van der Waals surface area (Å²) in [6.07, 6.45) is 1.98. The van der Waals surface area contributed by atoms with Gasteiger partial charge in [-0.25, -0.2) is 0 Å². The monoisotopic (exact) mass is 263 g/mol. The quantitative estimate of drug-likeness (QED) is 0.713. The number of rotatable bonds is 1. The number of halogens is 2. The van der Waals surface area contributed by atoms with E-state index in [-0.39, 0.29) is 11.3 Å². The topological polar surface area (TPSA) is 20.3 Å². The second-order valence-corrected chi connectivity index (χ2v) is 5.93. The lowest BCUT2D eigenvalue weighted by molar-refractivity contribution is 0.0732. The van der Waals surface area contributed by atoms with Gasteiger partial charge < -0.3 is 4.90 Å². The molecule has 5 heteroatoms. The molecule has 0 radical (unpaired) electrons. The number of hydrogen-bond acceptors (Lipinski definition) is 2. The standard InChI is InChI=1S/C10H11Cl2NOS/c11-7-2-1-5-13(6-7)10(14)8-3-4-9(12)15-8/h3-4,7H,1-2,5-6H2. The predicted molar refractivity (Wildman–Crippen MR) is 64.1 cm³/mol. The van der Waals surface area contributed by atoms with E-state index in [0.29, 0.717) is 15.8 Å². The van der Waals surface area contributed by atoms with Gasteiger partial charge >= 0.3 is 0 Å². The Morgan fingerprint density at radius 2 is 2.33 bits per heavy atom. The van der Waals surface area contributed by atoms with Gasteiger partial charge in [0.25, 0.3) is 5.91 Å². The van der Waals surface area contributed by atoms with Gasteiger partial charge in [0.1, 0.15) is 0 Å². The molecule has 1 aliphatic heterocycles. The maximum atomic E-state index is 12.0. The minimum absolute atomic E-state index is 0.0530. The van der Waals surface area contributed by atoms with Gasteiger partial charge in [-0.3, -0.25) is 4.79 Å². The molecule has 1 aromatic heterocycles. The zero-order chi connectivity index (χ0) is 10.8. The Kier molecular flexibility index (Phi) is 3.54. The predicted octanol–water partition coefficient (Wildman–Crippen LogP) is 3.24. The Bertz CT molecular complexity index is 366. The maximum Gasteiger partial charge on any atom is 0.264 e. The van der Waals surface area contributed by atoms with E-state index in [2.05, 4.69) is 0 Å². The Hall–Kier alpha value is -0.250. The van der Waals surface area contributed by atoms with Crippen LogP contribution >= 0.6 is 34.5 Å². The summed E-state index contributed by atoms with van der Waals surface area (Å²) in [6.45, 7) is 1.45. The number of amides is 1. The van der Waals surface area contributed by atoms with Crippen molar-refractivity contribution >= 4 is 40.4 Å². The van der Waals surface area contributed by atoms with Crippen LogP contribution in [0.25, 0.3) is 0 Å². The average molecular weight is 264 g/mol. The Morgan fingerprint density at radius 3 is 2.93 bits per heavy atom. The molecule has 15 heavy (non-hydrogen) atoms. The van der Waals surface area contributed by atoms with E-state index in [1.54, 1.807) is 12.1 Å². The summed E-state index contributed by atoms with van der Waals surface area (Å²) in [5.41, 5.74) is 0. The van der Waals surface area contributed by atoms with Gasteiger partial charge in [0.05, 0.1) is 14.6 Å². The number of carbonyl (C=O) groups is 1. The molecule has 1 aromatic rings. The van der Waals surface area contributed by atoms with Crippen molar-refractivity contribution < 1.29 is 4.79 Å². The fourth-order valence-electron chi connectivity index (χ4n) is 1.69. The van der Waals surface area contributed by atoms with E-state index < -0.39 is 0 Å². The fourth-order valence-corrected chi connectivity index (χ4v) is 3.03. The van der Waals surface area contributed by atoms with E-state index in [4.69, 9.17) is 23.2 Å². The van der Waals surface area contributed by atoms with E-state index in [0.717, 1.165) is 19.4 Å². The van der Waals surface area contributed by atoms with Gasteiger partial charge in [0, 0.05) is 13.1 Å². The molecule has 2 heterocycles. The van der Waals surface area contributed by atoms with E-state index >= 15 is 0 Å². The molecule has 82 valence electrons. The lowest BCUT2D eigenvalue weighted by Gasteiger charge is -2.29. The van der Waals surface area contributed by atoms with Crippen molar-refractivity contribution in [2.24, 2.45) is 0 Å². The average Bonchev–Trinajstić information content (AvgIpc) is 2.64. The molecule has 0 aliphatic carbocycles. The third-order valence-corrected chi connectivity index (χ3v) is 4.01. The molecule has 0 N–H and O–H groups in total. The van der Waals surface area contributed by atoms with Crippen molar-refractivity contribution in [1.82, 2.24) is 4.90 Å². The maximum absolute atomic E-state index is 12.0. The van der Waals surface area contributed by atoms with Crippen LogP contribution in [0.5, 0.6) is 0 Å². The molecule has 0 aromatic carbocycles. The van der Waals surface area contributed by atoms with Crippen LogP contribution in [0.15, 0.2) is 12.1 Å². The SMILES string of the molecule is O=C(c1ccc(Cl)s1)N1CCCC(Cl)C1. The van der Waals surface area contributed by atoms with Crippen LogP contribution in [0.4, 0.5) is 0 Å². The first-order chi connectivity index (χ1) is 7.16. The second kappa shape index (κ2) is 4.73. The van der Waals surface area contributed by atoms with E-state index in [9.17, 15) is 4.79 Å². The number of alkyl halides is 1. The highest BCUT2D eigenvalue weighted by molar-refractivity contribution is 7.17. The molecule has 0 spiro atoms. The Morgan fingerprint density at radius 1 is 1.53 bits per heavy atom. The molecule has 0 bridgehead atoms. The lowest BCUT2D eigenvalue weighted by Crippen LogP contribution is -2.40. The number of hydrogen-bond donors (Lipinski definition) is 0. The number of piperidine rings is 1. The van der Waals surface area contributed by atoms with Gasteiger partial charge in [0.2, 0.25) is 0 Å². The summed E-state index contributed by atoms with van der Waals surface area (Å²) in [5, 5.41) is 0.0955. The molecular formula is C10H11Cl2NOS. The summed E-state index contributed by atoms with van der Waals surface area (Å²) in [7, 11) is 0. The van der Waals surface area contributed by atoms with Crippen molar-refractivity contribution in [3.8, 4) is 0 Å². The van der Waals surface area contributed by atoms with E-state index in [1.165, 1.54) is 11.3 Å². The summed E-state index contributed by atoms with van der Waals surface area (Å²) in [5.74, 6) is 0.0530. The largest absolute Gasteiger partial charge is 0.336 e. The highest BCUT2D eigenvalue weighted by Crippen LogP contribution is 2.24. The first kappa shape index (κ1) is 11.2. The molecule has 1 amide bonds. The molecule has 1 atom stereocenters. The van der Waals surface area contributed by atoms with Crippen LogP contribution in [0.3, 0.4) is 0 Å². The Labute approximate surface area is 103 Å². The third kappa shape index (κ3) is 2.65. The van der Waals surface area contributed by atoms with Gasteiger partial charge in [-0.05, 0) is 25.0 Å².